The van der Waals surface area contributed by atoms with Crippen molar-refractivity contribution in [2.24, 2.45) is 0 Å². The van der Waals surface area contributed by atoms with E-state index in [0.717, 1.165) is 0 Å². The summed E-state index contributed by atoms with van der Waals surface area (Å²) >= 11 is 0. The monoisotopic (exact) mass is 589 g/mol. The van der Waals surface area contributed by atoms with Gasteiger partial charge >= 0.3 is 5.62 Å². The second kappa shape index (κ2) is 7.64. The Morgan fingerprint density at radius 2 is 1.04 bits per heavy atom. The Balaban J connectivity index is 1.55. The molecule has 3 aromatic heterocycles. The van der Waals surface area contributed by atoms with Crippen LogP contribution in [-0.2, 0) is 0 Å². The number of imidazole rings is 2. The van der Waals surface area contributed by atoms with Crippen LogP contribution < -0.4 is 32.0 Å². The van der Waals surface area contributed by atoms with Crippen LogP contribution in [0.4, 0.5) is 0 Å². The molecule has 0 amide bonds. The minimum Gasteiger partial charge on any atom is -0.290 e. The predicted molar refractivity (Wildman–Crippen MR) is 164 cm³/mol. The van der Waals surface area contributed by atoms with Crippen LogP contribution in [0.3, 0.4) is 0 Å². The molecule has 1 atom stereocenters. The highest BCUT2D eigenvalue weighted by molar-refractivity contribution is 6.54. The van der Waals surface area contributed by atoms with Gasteiger partial charge in [-0.25, -0.2) is 9.07 Å². The van der Waals surface area contributed by atoms with E-state index in [9.17, 15) is 28.8 Å². The Kier molecular flexibility index (Phi) is 4.05. The lowest BCUT2D eigenvalue weighted by Gasteiger charge is -2.17. The third kappa shape index (κ3) is 2.59. The molecule has 0 radical (unpaired) electrons. The first-order valence-corrected chi connectivity index (χ1v) is 13.9. The average molecular weight is 590 g/mol. The molecule has 0 saturated carbocycles. The molecule has 210 valence electrons. The van der Waals surface area contributed by atoms with E-state index in [4.69, 9.17) is 0 Å². The third-order valence-electron chi connectivity index (χ3n) is 8.90. The summed E-state index contributed by atoms with van der Waals surface area (Å²) in [6.07, 6.45) is 0. The minimum atomic E-state index is -1.31. The zero-order chi connectivity index (χ0) is 30.5. The molecule has 0 saturated heterocycles. The highest BCUT2D eigenvalue weighted by atomic mass is 16.2. The van der Waals surface area contributed by atoms with Gasteiger partial charge in [-0.1, -0.05) is 72.8 Å². The van der Waals surface area contributed by atoms with Gasteiger partial charge in [0.25, 0.3) is 17.3 Å². The summed E-state index contributed by atoms with van der Waals surface area (Å²) in [5.74, 6) is -1.12. The van der Waals surface area contributed by atoms with Crippen molar-refractivity contribution in [3.8, 4) is 0 Å². The van der Waals surface area contributed by atoms with Crippen LogP contribution in [0.1, 0.15) is 26.8 Å². The lowest BCUT2D eigenvalue weighted by atomic mass is 9.85. The maximum atomic E-state index is 14.1. The van der Waals surface area contributed by atoms with E-state index in [2.05, 4.69) is 14.6 Å². The normalized spacial score (nSPS) is 15.7. The summed E-state index contributed by atoms with van der Waals surface area (Å²) in [6, 6.07) is 17.7. The van der Waals surface area contributed by atoms with Gasteiger partial charge in [-0.3, -0.25) is 28.8 Å². The van der Waals surface area contributed by atoms with Crippen molar-refractivity contribution in [1.82, 2.24) is 28.0 Å². The first kappa shape index (κ1) is 23.9. The fourth-order valence-corrected chi connectivity index (χ4v) is 6.93. The second-order valence-corrected chi connectivity index (χ2v) is 11.1. The molecule has 0 N–H and O–H groups in total. The number of rotatable bonds is 0. The van der Waals surface area contributed by atoms with Gasteiger partial charge in [-0.15, -0.1) is 4.40 Å². The molecule has 1 unspecified atom stereocenters. The Morgan fingerprint density at radius 1 is 0.556 bits per heavy atom. The third-order valence-corrected chi connectivity index (χ3v) is 8.90. The Hall–Kier alpha value is -6.65. The van der Waals surface area contributed by atoms with Crippen molar-refractivity contribution < 1.29 is 9.59 Å². The van der Waals surface area contributed by atoms with Crippen LogP contribution in [0.2, 0.25) is 0 Å². The largest absolute Gasteiger partial charge is 0.465 e. The number of nitrogens with zero attached hydrogens (tertiary/aromatic N) is 6. The molecule has 10 rings (SSSR count). The SMILES string of the molecule is O=C1C2=[N+]=c3n(c4nc5c(=O)c6ccccc6c(=O)c5n4c4nc5c(=O)c6ccccc6c(=O)c5n34)C2C(=O)c2ccccc21. The number of aromatic nitrogens is 5. The van der Waals surface area contributed by atoms with Crippen LogP contribution in [0.25, 0.3) is 55.2 Å². The zero-order valence-corrected chi connectivity index (χ0v) is 22.6. The number of ketones is 2. The topological polar surface area (TPSA) is 156 Å². The number of benzene rings is 5. The molecule has 5 aromatic carbocycles. The van der Waals surface area contributed by atoms with Gasteiger partial charge in [0.05, 0.1) is 0 Å². The molecule has 0 fully saturated rings. The summed E-state index contributed by atoms with van der Waals surface area (Å²) in [4.78, 5) is 92.6. The Labute approximate surface area is 246 Å². The van der Waals surface area contributed by atoms with Crippen molar-refractivity contribution >= 4 is 72.4 Å². The quantitative estimate of drug-likeness (QED) is 0.235. The van der Waals surface area contributed by atoms with Gasteiger partial charge in [0, 0.05) is 32.7 Å². The van der Waals surface area contributed by atoms with E-state index in [1.54, 1.807) is 42.5 Å². The van der Waals surface area contributed by atoms with Crippen molar-refractivity contribution in [1.29, 1.82) is 0 Å². The molecule has 12 nitrogen and oxygen atoms in total. The smallest absolute Gasteiger partial charge is 0.290 e. The van der Waals surface area contributed by atoms with Gasteiger partial charge in [-0.2, -0.15) is 14.5 Å². The lowest BCUT2D eigenvalue weighted by molar-refractivity contribution is 0.0926. The van der Waals surface area contributed by atoms with Crippen LogP contribution in [0.5, 0.6) is 0 Å². The van der Waals surface area contributed by atoms with E-state index in [1.807, 2.05) is 0 Å². The molecular weight excluding hydrogens is 576 g/mol. The average Bonchev–Trinajstić information content (AvgIpc) is 3.77. The summed E-state index contributed by atoms with van der Waals surface area (Å²) in [5.41, 5.74) is -2.62. The number of carbonyl (C=O) groups excluding carboxylic acids is 2. The number of hydrogen-bond acceptors (Lipinski definition) is 8. The molecule has 0 bridgehead atoms. The van der Waals surface area contributed by atoms with Gasteiger partial charge in [0.1, 0.15) is 11.0 Å². The Morgan fingerprint density at radius 3 is 1.64 bits per heavy atom. The highest BCUT2D eigenvalue weighted by Crippen LogP contribution is 2.29. The molecule has 1 aliphatic carbocycles. The number of carbonyl (C=O) groups is 2. The zero-order valence-electron chi connectivity index (χ0n) is 22.6. The fourth-order valence-electron chi connectivity index (χ4n) is 6.93. The maximum Gasteiger partial charge on any atom is 0.465 e. The van der Waals surface area contributed by atoms with Gasteiger partial charge in [-0.05, 0) is 0 Å². The second-order valence-electron chi connectivity index (χ2n) is 11.1. The minimum absolute atomic E-state index is 0.0685. The predicted octanol–water partition coefficient (Wildman–Crippen LogP) is 0.755. The van der Waals surface area contributed by atoms with Crippen LogP contribution in [-0.4, -0.2) is 40.6 Å². The van der Waals surface area contributed by atoms with Crippen LogP contribution >= 0.6 is 0 Å². The molecule has 45 heavy (non-hydrogen) atoms. The van der Waals surface area contributed by atoms with E-state index in [-0.39, 0.29) is 77.6 Å². The number of fused-ring (bicyclic) bond motifs is 15. The van der Waals surface area contributed by atoms with Gasteiger partial charge < -0.3 is 0 Å². The molecule has 4 heterocycles. The molecular formula is C33H13N6O6+. The summed E-state index contributed by atoms with van der Waals surface area (Å²) in [6.45, 7) is 0. The van der Waals surface area contributed by atoms with Crippen LogP contribution in [0.15, 0.2) is 92.0 Å². The summed E-state index contributed by atoms with van der Waals surface area (Å²) < 4.78 is 8.53. The standard InChI is InChI=1S/C33H13N6O6/c40-25-13-7-1-4-10-16(13)28(43)22-19(25)34-31-37(22)32-35-21-24(30(45)18-12-6-3-9-15(18)27(21)42)39(32)33-36-20-23(38(31)33)29(44)17-11-5-2-8-14(17)26(20)41/h1-12,22H/q+1. The molecule has 0 spiro atoms. The first-order valence-electron chi connectivity index (χ1n) is 13.9. The lowest BCUT2D eigenvalue weighted by Crippen LogP contribution is -2.40. The van der Waals surface area contributed by atoms with E-state index in [1.165, 1.54) is 43.7 Å². The molecule has 8 aromatic rings. The molecule has 1 aliphatic heterocycles. The Bertz CT molecular complexity index is 3170. The number of Topliss-reactive ketones (excluding diaryl/α,β-unsaturated/α-hetero) is 2. The van der Waals surface area contributed by atoms with E-state index >= 15 is 0 Å². The highest BCUT2D eigenvalue weighted by Gasteiger charge is 2.50. The maximum absolute atomic E-state index is 14.1. The molecule has 12 heteroatoms. The van der Waals surface area contributed by atoms with Crippen LogP contribution in [0, 0.1) is 0 Å². The van der Waals surface area contributed by atoms with Gasteiger partial charge in [0.2, 0.25) is 39.3 Å². The van der Waals surface area contributed by atoms with E-state index in [0.29, 0.717) is 0 Å². The van der Waals surface area contributed by atoms with Crippen molar-refractivity contribution in [2.45, 2.75) is 6.04 Å². The number of hydrogen-bond donors (Lipinski definition) is 0. The van der Waals surface area contributed by atoms with E-state index < -0.39 is 39.3 Å². The summed E-state index contributed by atoms with van der Waals surface area (Å²) in [7, 11) is 0. The van der Waals surface area contributed by atoms with Crippen molar-refractivity contribution in [3.63, 3.8) is 0 Å². The summed E-state index contributed by atoms with van der Waals surface area (Å²) in [5, 5.41) is 0.610. The van der Waals surface area contributed by atoms with Gasteiger partial charge in [0.15, 0.2) is 11.0 Å². The van der Waals surface area contributed by atoms with Crippen molar-refractivity contribution in [3.05, 3.63) is 130 Å². The first-order chi connectivity index (χ1) is 21.9. The van der Waals surface area contributed by atoms with Crippen molar-refractivity contribution in [2.75, 3.05) is 0 Å². The fraction of sp³-hybridized carbons (Fsp3) is 0.0303. The molecule has 2 aliphatic rings.